The number of aromatic nitrogens is 3. The zero-order valence-corrected chi connectivity index (χ0v) is 29.6. The SMILES string of the molecule is C=CC(=O)N1C[C@H](C)n2nc(-c3nc(-c4ccc5c(c4)CN(C)[C@H](C(=O)N(C)C)C5)c4ccsc4c3-c3c(F)cc(F)cc3OC)cc2[C@H]1C. The summed E-state index contributed by atoms with van der Waals surface area (Å²) >= 11 is 1.43. The number of halogens is 2. The Morgan fingerprint density at radius 1 is 1.06 bits per heavy atom. The van der Waals surface area contributed by atoms with E-state index in [1.54, 1.807) is 23.9 Å². The molecule has 2 aliphatic rings. The van der Waals surface area contributed by atoms with Crippen molar-refractivity contribution < 1.29 is 23.1 Å². The van der Waals surface area contributed by atoms with Crippen molar-refractivity contribution in [1.29, 1.82) is 0 Å². The molecule has 7 rings (SSSR count). The monoisotopic (exact) mass is 696 g/mol. The zero-order chi connectivity index (χ0) is 35.6. The van der Waals surface area contributed by atoms with E-state index in [-0.39, 0.29) is 41.3 Å². The maximum Gasteiger partial charge on any atom is 0.246 e. The molecule has 3 atom stereocenters. The highest BCUT2D eigenvalue weighted by Crippen LogP contribution is 2.48. The quantitative estimate of drug-likeness (QED) is 0.180. The van der Waals surface area contributed by atoms with Crippen molar-refractivity contribution in [2.45, 2.75) is 44.9 Å². The molecule has 12 heteroatoms. The van der Waals surface area contributed by atoms with Crippen molar-refractivity contribution in [2.24, 2.45) is 0 Å². The maximum atomic E-state index is 16.0. The van der Waals surface area contributed by atoms with E-state index in [0.717, 1.165) is 38.5 Å². The first-order valence-electron chi connectivity index (χ1n) is 16.4. The van der Waals surface area contributed by atoms with Crippen LogP contribution >= 0.6 is 11.3 Å². The van der Waals surface area contributed by atoms with Crippen LogP contribution in [0.4, 0.5) is 8.78 Å². The van der Waals surface area contributed by atoms with Crippen molar-refractivity contribution in [3.05, 3.63) is 89.0 Å². The Balaban J connectivity index is 1.45. The molecular formula is C38H38F2N6O3S. The van der Waals surface area contributed by atoms with E-state index in [4.69, 9.17) is 14.8 Å². The smallest absolute Gasteiger partial charge is 0.246 e. The third-order valence-corrected chi connectivity index (χ3v) is 10.8. The lowest BCUT2D eigenvalue weighted by molar-refractivity contribution is -0.134. The van der Waals surface area contributed by atoms with Crippen molar-refractivity contribution >= 4 is 33.2 Å². The highest BCUT2D eigenvalue weighted by molar-refractivity contribution is 7.18. The molecular weight excluding hydrogens is 659 g/mol. The van der Waals surface area contributed by atoms with E-state index in [1.165, 1.54) is 30.6 Å². The predicted octanol–water partition coefficient (Wildman–Crippen LogP) is 6.88. The highest BCUT2D eigenvalue weighted by atomic mass is 32.1. The second-order valence-electron chi connectivity index (χ2n) is 13.3. The fourth-order valence-electron chi connectivity index (χ4n) is 7.32. The molecule has 0 radical (unpaired) electrons. The van der Waals surface area contributed by atoms with Crippen molar-refractivity contribution in [2.75, 3.05) is 34.8 Å². The summed E-state index contributed by atoms with van der Waals surface area (Å²) in [5, 5.41) is 7.76. The summed E-state index contributed by atoms with van der Waals surface area (Å²) in [6.07, 6.45) is 1.91. The Morgan fingerprint density at radius 2 is 1.84 bits per heavy atom. The fraction of sp³-hybridized carbons (Fsp3) is 0.316. The molecule has 258 valence electrons. The van der Waals surface area contributed by atoms with E-state index in [2.05, 4.69) is 23.6 Å². The number of rotatable bonds is 6. The van der Waals surface area contributed by atoms with Crippen LogP contribution in [0.1, 0.15) is 42.8 Å². The van der Waals surface area contributed by atoms with Crippen molar-refractivity contribution in [1.82, 2.24) is 29.5 Å². The average Bonchev–Trinajstić information content (AvgIpc) is 3.77. The number of ether oxygens (including phenoxy) is 1. The largest absolute Gasteiger partial charge is 0.496 e. The predicted molar refractivity (Wildman–Crippen MR) is 191 cm³/mol. The molecule has 0 unspecified atom stereocenters. The number of carbonyl (C=O) groups excluding carboxylic acids is 2. The minimum absolute atomic E-state index is 0.0418. The number of amides is 2. The molecule has 3 aromatic heterocycles. The molecule has 2 aromatic carbocycles. The number of methoxy groups -OCH3 is 1. The van der Waals surface area contributed by atoms with Gasteiger partial charge in [-0.25, -0.2) is 13.8 Å². The van der Waals surface area contributed by atoms with Gasteiger partial charge in [-0.05, 0) is 68.1 Å². The van der Waals surface area contributed by atoms with E-state index < -0.39 is 11.6 Å². The highest BCUT2D eigenvalue weighted by Gasteiger charge is 2.35. The van der Waals surface area contributed by atoms with Crippen LogP contribution in [0.25, 0.3) is 43.9 Å². The molecule has 5 aromatic rings. The molecule has 0 N–H and O–H groups in total. The Hall–Kier alpha value is -4.94. The number of hydrogen-bond acceptors (Lipinski definition) is 7. The number of thiophene rings is 1. The second-order valence-corrected chi connectivity index (χ2v) is 14.2. The number of benzene rings is 2. The minimum atomic E-state index is -0.778. The summed E-state index contributed by atoms with van der Waals surface area (Å²) in [6.45, 7) is 8.64. The van der Waals surface area contributed by atoms with Crippen LogP contribution < -0.4 is 4.74 Å². The summed E-state index contributed by atoms with van der Waals surface area (Å²) in [4.78, 5) is 36.4. The molecule has 2 amide bonds. The van der Waals surface area contributed by atoms with E-state index in [9.17, 15) is 14.0 Å². The van der Waals surface area contributed by atoms with Crippen LogP contribution in [0.2, 0.25) is 0 Å². The summed E-state index contributed by atoms with van der Waals surface area (Å²) in [5.41, 5.74) is 6.01. The average molecular weight is 697 g/mol. The second kappa shape index (κ2) is 12.7. The van der Waals surface area contributed by atoms with Crippen molar-refractivity contribution in [3.8, 4) is 39.5 Å². The summed E-state index contributed by atoms with van der Waals surface area (Å²) in [6, 6.07) is 11.4. The zero-order valence-electron chi connectivity index (χ0n) is 28.8. The molecule has 50 heavy (non-hydrogen) atoms. The van der Waals surface area contributed by atoms with Crippen LogP contribution in [-0.4, -0.2) is 82.1 Å². The third kappa shape index (κ3) is 5.47. The van der Waals surface area contributed by atoms with Gasteiger partial charge in [-0.15, -0.1) is 11.3 Å². The number of pyridine rings is 1. The van der Waals surface area contributed by atoms with Gasteiger partial charge in [-0.3, -0.25) is 19.2 Å². The molecule has 5 heterocycles. The third-order valence-electron chi connectivity index (χ3n) is 9.91. The van der Waals surface area contributed by atoms with E-state index >= 15 is 4.39 Å². The van der Waals surface area contributed by atoms with Gasteiger partial charge in [0, 0.05) is 60.5 Å². The van der Waals surface area contributed by atoms with Crippen LogP contribution in [-0.2, 0) is 22.6 Å². The number of hydrogen-bond donors (Lipinski definition) is 0. The Labute approximate surface area is 293 Å². The van der Waals surface area contributed by atoms with Gasteiger partial charge < -0.3 is 14.5 Å². The van der Waals surface area contributed by atoms with Gasteiger partial charge in [0.15, 0.2) is 0 Å². The lowest BCUT2D eigenvalue weighted by Crippen LogP contribution is -2.48. The number of carbonyl (C=O) groups is 2. The molecule has 9 nitrogen and oxygen atoms in total. The number of fused-ring (bicyclic) bond motifs is 3. The fourth-order valence-corrected chi connectivity index (χ4v) is 8.27. The minimum Gasteiger partial charge on any atom is -0.496 e. The Morgan fingerprint density at radius 3 is 2.56 bits per heavy atom. The van der Waals surface area contributed by atoms with E-state index in [0.29, 0.717) is 42.2 Å². The van der Waals surface area contributed by atoms with Crippen LogP contribution in [0.3, 0.4) is 0 Å². The van der Waals surface area contributed by atoms with Gasteiger partial charge >= 0.3 is 0 Å². The van der Waals surface area contributed by atoms with Gasteiger partial charge in [0.1, 0.15) is 28.8 Å². The van der Waals surface area contributed by atoms with Gasteiger partial charge in [0.25, 0.3) is 0 Å². The van der Waals surface area contributed by atoms with Gasteiger partial charge in [-0.1, -0.05) is 18.7 Å². The molecule has 0 aliphatic carbocycles. The molecule has 0 spiro atoms. The van der Waals surface area contributed by atoms with Crippen molar-refractivity contribution in [3.63, 3.8) is 0 Å². The van der Waals surface area contributed by atoms with Crippen LogP contribution in [0, 0.1) is 11.6 Å². The van der Waals surface area contributed by atoms with Gasteiger partial charge in [0.05, 0.1) is 42.2 Å². The standard InChI is InChI=1S/C38H38F2N6O3S/c1-8-32(47)45-18-20(2)46-29(21(45)3)17-28(42-46)36-34(33-27(40)15-25(39)16-31(33)49-7)37-26(11-12-50-37)35(41-36)23-10-9-22-14-30(38(48)43(4)5)44(6)19-24(22)13-23/h8-13,15-17,20-21,30H,1,14,18-19H2,2-7H3/t20-,21+,30-/m0/s1. The lowest BCUT2D eigenvalue weighted by Gasteiger charge is -2.36. The first-order valence-corrected chi connectivity index (χ1v) is 17.3. The van der Waals surface area contributed by atoms with E-state index in [1.807, 2.05) is 49.2 Å². The first-order chi connectivity index (χ1) is 23.9. The normalized spacial score (nSPS) is 18.9. The topological polar surface area (TPSA) is 83.8 Å². The summed E-state index contributed by atoms with van der Waals surface area (Å²) in [5.74, 6) is -1.60. The number of nitrogens with zero attached hydrogens (tertiary/aromatic N) is 6. The molecule has 0 bridgehead atoms. The molecule has 0 saturated carbocycles. The Bertz CT molecular complexity index is 2190. The maximum absolute atomic E-state index is 16.0. The molecule has 0 fully saturated rings. The Kier molecular flexibility index (Phi) is 8.55. The van der Waals surface area contributed by atoms with Gasteiger partial charge in [-0.2, -0.15) is 5.10 Å². The summed E-state index contributed by atoms with van der Waals surface area (Å²) in [7, 11) is 6.89. The lowest BCUT2D eigenvalue weighted by atomic mass is 9.90. The van der Waals surface area contributed by atoms with Crippen LogP contribution in [0.15, 0.2) is 60.5 Å². The van der Waals surface area contributed by atoms with Crippen LogP contribution in [0.5, 0.6) is 5.75 Å². The number of likely N-dealkylation sites (N-methyl/N-ethyl adjacent to an activating group) is 2. The van der Waals surface area contributed by atoms with Gasteiger partial charge in [0.2, 0.25) is 11.8 Å². The molecule has 2 aliphatic heterocycles. The first kappa shape index (κ1) is 33.6. The molecule has 0 saturated heterocycles. The summed E-state index contributed by atoms with van der Waals surface area (Å²) < 4.78 is 38.7.